The van der Waals surface area contributed by atoms with Crippen molar-refractivity contribution in [2.75, 3.05) is 10.0 Å². The van der Waals surface area contributed by atoms with Gasteiger partial charge in [0, 0.05) is 5.56 Å². The molecule has 9 nitrogen and oxygen atoms in total. The van der Waals surface area contributed by atoms with E-state index in [1.807, 2.05) is 24.3 Å². The lowest BCUT2D eigenvalue weighted by Gasteiger charge is -2.35. The number of hydrogen-bond donors (Lipinski definition) is 1. The third kappa shape index (κ3) is 1.97. The molecule has 1 saturated carbocycles. The number of para-hydroxylation sites is 1. The molecule has 142 valence electrons. The number of fused-ring (bicyclic) bond motifs is 6. The fraction of sp³-hybridized carbons (Fsp3) is 0.333. The molecule has 0 amide bonds. The number of anilines is 2. The lowest BCUT2D eigenvalue weighted by molar-refractivity contribution is 0.0112. The highest BCUT2D eigenvalue weighted by atomic mass is 19.1. The molecule has 1 aliphatic carbocycles. The zero-order chi connectivity index (χ0) is 18.9. The Morgan fingerprint density at radius 1 is 1.21 bits per heavy atom. The number of aromatic nitrogens is 4. The molecule has 28 heavy (non-hydrogen) atoms. The topological polar surface area (TPSA) is 95.8 Å². The van der Waals surface area contributed by atoms with Crippen molar-refractivity contribution >= 4 is 18.1 Å². The number of halogens is 1. The second kappa shape index (κ2) is 5.38. The summed E-state index contributed by atoms with van der Waals surface area (Å²) in [6.45, 7) is 0. The number of rotatable bonds is 2. The highest BCUT2D eigenvalue weighted by Crippen LogP contribution is 2.44. The average Bonchev–Trinajstić information content (AvgIpc) is 3.47. The average molecular weight is 381 g/mol. The molecule has 1 N–H and O–H groups in total. The summed E-state index contributed by atoms with van der Waals surface area (Å²) in [6.07, 6.45) is 5.06. The Labute approximate surface area is 158 Å². The van der Waals surface area contributed by atoms with Crippen molar-refractivity contribution in [3.05, 3.63) is 48.0 Å². The molecule has 2 aromatic heterocycles. The van der Waals surface area contributed by atoms with Crippen LogP contribution < -0.4 is 10.0 Å². The summed E-state index contributed by atoms with van der Waals surface area (Å²) >= 11 is 0. The minimum absolute atomic E-state index is 0.203. The molecule has 10 heteroatoms. The molecular weight excluding hydrogens is 365 g/mol. The fourth-order valence-corrected chi connectivity index (χ4v) is 4.25. The van der Waals surface area contributed by atoms with E-state index in [0.29, 0.717) is 24.3 Å². The number of benzene rings is 1. The monoisotopic (exact) mass is 381 g/mol. The van der Waals surface area contributed by atoms with Crippen molar-refractivity contribution in [3.63, 3.8) is 0 Å². The van der Waals surface area contributed by atoms with Gasteiger partial charge in [-0.05, 0) is 36.9 Å². The minimum atomic E-state index is -1.08. The molecule has 2 aliphatic heterocycles. The summed E-state index contributed by atoms with van der Waals surface area (Å²) < 4.78 is 21.2. The molecule has 0 radical (unpaired) electrons. The van der Waals surface area contributed by atoms with E-state index < -0.39 is 17.8 Å². The van der Waals surface area contributed by atoms with E-state index in [4.69, 9.17) is 4.52 Å². The smallest absolute Gasteiger partial charge is 0.295 e. The van der Waals surface area contributed by atoms with Crippen molar-refractivity contribution in [1.82, 2.24) is 19.7 Å². The van der Waals surface area contributed by atoms with E-state index in [9.17, 15) is 9.50 Å². The van der Waals surface area contributed by atoms with Gasteiger partial charge in [-0.1, -0.05) is 18.2 Å². The molecule has 1 atom stereocenters. The Bertz CT molecular complexity index is 1100. The van der Waals surface area contributed by atoms with E-state index in [1.54, 1.807) is 16.4 Å². The maximum atomic E-state index is 14.4. The first kappa shape index (κ1) is 15.8. The van der Waals surface area contributed by atoms with Gasteiger partial charge in [-0.15, -0.1) is 0 Å². The first-order chi connectivity index (χ1) is 13.7. The molecule has 6 rings (SSSR count). The van der Waals surface area contributed by atoms with E-state index >= 15 is 0 Å². The lowest BCUT2D eigenvalue weighted by atomic mass is 10.0. The molecule has 3 aromatic rings. The molecule has 0 saturated heterocycles. The zero-order valence-corrected chi connectivity index (χ0v) is 14.7. The Kier molecular flexibility index (Phi) is 3.03. The fourth-order valence-electron chi connectivity index (χ4n) is 4.25. The maximum absolute atomic E-state index is 14.4. The van der Waals surface area contributed by atoms with Gasteiger partial charge >= 0.3 is 0 Å². The summed E-state index contributed by atoms with van der Waals surface area (Å²) in [7, 11) is 0. The van der Waals surface area contributed by atoms with Gasteiger partial charge in [0.25, 0.3) is 17.9 Å². The predicted molar refractivity (Wildman–Crippen MR) is 96.4 cm³/mol. The summed E-state index contributed by atoms with van der Waals surface area (Å²) in [4.78, 5) is 12.8. The van der Waals surface area contributed by atoms with Crippen LogP contribution in [0, 0.1) is 6.08 Å². The van der Waals surface area contributed by atoms with Gasteiger partial charge in [0.05, 0.1) is 11.9 Å². The summed E-state index contributed by atoms with van der Waals surface area (Å²) in [5, 5.41) is 18.1. The molecule has 0 spiro atoms. The van der Waals surface area contributed by atoms with Crippen molar-refractivity contribution in [3.8, 4) is 5.69 Å². The van der Waals surface area contributed by atoms with E-state index in [0.717, 1.165) is 18.4 Å². The number of nitrogens with zero attached hydrogens (tertiary/aromatic N) is 7. The number of imidazole rings is 1. The molecule has 1 fully saturated rings. The summed E-state index contributed by atoms with van der Waals surface area (Å²) in [6, 6.07) is 7.47. The minimum Gasteiger partial charge on any atom is -0.380 e. The normalized spacial score (nSPS) is 21.7. The number of aliphatic imine (C=N–C) groups is 1. The lowest BCUT2D eigenvalue weighted by Crippen LogP contribution is -2.43. The van der Waals surface area contributed by atoms with Crippen LogP contribution in [0.4, 0.5) is 16.2 Å². The summed E-state index contributed by atoms with van der Waals surface area (Å²) in [5.41, 5.74) is 0.454. The van der Waals surface area contributed by atoms with Gasteiger partial charge in [-0.25, -0.2) is 20.0 Å². The number of aliphatic hydroxyl groups is 1. The van der Waals surface area contributed by atoms with Gasteiger partial charge in [-0.2, -0.15) is 9.37 Å². The SMILES string of the molecule is OC1(c2nc(N3C=NC4c5ccccc5-n5c(cnc5F)N43)no2)CCCC1. The molecule has 4 heterocycles. The Hall–Kier alpha value is -3.27. The molecule has 0 bridgehead atoms. The Morgan fingerprint density at radius 2 is 2.04 bits per heavy atom. The van der Waals surface area contributed by atoms with Crippen LogP contribution in [0.5, 0.6) is 0 Å². The van der Waals surface area contributed by atoms with E-state index in [1.165, 1.54) is 10.8 Å². The van der Waals surface area contributed by atoms with E-state index in [-0.39, 0.29) is 11.8 Å². The number of hydrazine groups is 1. The largest absolute Gasteiger partial charge is 0.380 e. The standard InChI is InChI=1S/C18H16FN7O2/c19-16-20-9-13-25(16)12-6-2-1-5-11(12)14-21-10-24(26(13)14)17-22-15(28-23-17)18(27)7-3-4-8-18/h1-2,5-6,9-10,14,27H,3-4,7-8H2. The molecular formula is C18H16FN7O2. The Morgan fingerprint density at radius 3 is 2.89 bits per heavy atom. The van der Waals surface area contributed by atoms with Crippen LogP contribution in [0.3, 0.4) is 0 Å². The maximum Gasteiger partial charge on any atom is 0.295 e. The van der Waals surface area contributed by atoms with Gasteiger partial charge in [-0.3, -0.25) is 4.57 Å². The van der Waals surface area contributed by atoms with Gasteiger partial charge in [0.2, 0.25) is 0 Å². The van der Waals surface area contributed by atoms with E-state index in [2.05, 4.69) is 20.1 Å². The highest BCUT2D eigenvalue weighted by molar-refractivity contribution is 5.85. The second-order valence-electron chi connectivity index (χ2n) is 7.25. The van der Waals surface area contributed by atoms with Crippen LogP contribution >= 0.6 is 0 Å². The van der Waals surface area contributed by atoms with Gasteiger partial charge in [0.15, 0.2) is 12.0 Å². The number of hydrogen-bond acceptors (Lipinski definition) is 8. The van der Waals surface area contributed by atoms with Crippen LogP contribution in [0.1, 0.15) is 43.3 Å². The van der Waals surface area contributed by atoms with Gasteiger partial charge in [0.1, 0.15) is 11.9 Å². The third-order valence-electron chi connectivity index (χ3n) is 5.62. The zero-order valence-electron chi connectivity index (χ0n) is 14.7. The van der Waals surface area contributed by atoms with Crippen LogP contribution in [0.15, 0.2) is 40.0 Å². The van der Waals surface area contributed by atoms with Crippen molar-refractivity contribution < 1.29 is 14.0 Å². The highest BCUT2D eigenvalue weighted by Gasteiger charge is 2.43. The quantitative estimate of drug-likeness (QED) is 0.728. The molecule has 1 aromatic carbocycles. The summed E-state index contributed by atoms with van der Waals surface area (Å²) in [5.74, 6) is 0.938. The first-order valence-corrected chi connectivity index (χ1v) is 9.16. The first-order valence-electron chi connectivity index (χ1n) is 9.16. The van der Waals surface area contributed by atoms with Crippen molar-refractivity contribution in [2.45, 2.75) is 37.5 Å². The van der Waals surface area contributed by atoms with Crippen LogP contribution in [-0.2, 0) is 5.60 Å². The van der Waals surface area contributed by atoms with Crippen LogP contribution in [-0.4, -0.2) is 31.1 Å². The third-order valence-corrected chi connectivity index (χ3v) is 5.62. The van der Waals surface area contributed by atoms with Gasteiger partial charge < -0.3 is 9.63 Å². The molecule has 3 aliphatic rings. The van der Waals surface area contributed by atoms with Crippen LogP contribution in [0.25, 0.3) is 5.69 Å². The predicted octanol–water partition coefficient (Wildman–Crippen LogP) is 2.44. The van der Waals surface area contributed by atoms with Crippen molar-refractivity contribution in [2.24, 2.45) is 4.99 Å². The second-order valence-corrected chi connectivity index (χ2v) is 7.25. The molecule has 1 unspecified atom stereocenters. The van der Waals surface area contributed by atoms with Crippen LogP contribution in [0.2, 0.25) is 0 Å². The Balaban J connectivity index is 1.44. The van der Waals surface area contributed by atoms with Crippen molar-refractivity contribution in [1.29, 1.82) is 0 Å².